The maximum atomic E-state index is 2.70. The van der Waals surface area contributed by atoms with Crippen LogP contribution in [0.4, 0.5) is 17.1 Å². The van der Waals surface area contributed by atoms with Gasteiger partial charge in [-0.15, -0.1) is 0 Å². The first-order valence-corrected chi connectivity index (χ1v) is 19.1. The second kappa shape index (κ2) is 10.3. The number of fused-ring (bicyclic) bond motifs is 11. The Hall–Kier alpha value is -5.02. The van der Waals surface area contributed by atoms with Gasteiger partial charge in [0.1, 0.15) is 0 Å². The molecule has 0 radical (unpaired) electrons. The molecule has 1 aliphatic carbocycles. The normalized spacial score (nSPS) is 14.5. The Labute approximate surface area is 309 Å². The molecular weight excluding hydrogens is 627 g/mol. The first-order valence-electron chi connectivity index (χ1n) is 19.1. The van der Waals surface area contributed by atoms with Crippen LogP contribution in [0.15, 0.2) is 109 Å². The molecule has 0 spiro atoms. The second-order valence-corrected chi connectivity index (χ2v) is 18.7. The van der Waals surface area contributed by atoms with Crippen molar-refractivity contribution in [1.82, 2.24) is 4.48 Å². The number of hydrogen-bond donors (Lipinski definition) is 0. The highest BCUT2D eigenvalue weighted by atomic mass is 15.2. The van der Waals surface area contributed by atoms with Crippen molar-refractivity contribution in [3.05, 3.63) is 137 Å². The topological polar surface area (TPSA) is 8.17 Å². The summed E-state index contributed by atoms with van der Waals surface area (Å²) in [5.41, 5.74) is 21.9. The molecule has 7 aromatic rings. The largest absolute Gasteiger partial charge is 0.375 e. The molecule has 0 atom stereocenters. The van der Waals surface area contributed by atoms with Crippen LogP contribution in [0.2, 0.25) is 0 Å². The fourth-order valence-corrected chi connectivity index (χ4v) is 9.45. The quantitative estimate of drug-likeness (QED) is 0.157. The lowest BCUT2D eigenvalue weighted by molar-refractivity contribution is 0.568. The molecule has 52 heavy (non-hydrogen) atoms. The monoisotopic (exact) mass is 674 g/mol. The van der Waals surface area contributed by atoms with Crippen molar-refractivity contribution in [1.29, 1.82) is 0 Å². The van der Waals surface area contributed by atoms with Crippen LogP contribution in [0.3, 0.4) is 0 Å². The van der Waals surface area contributed by atoms with Crippen LogP contribution in [0.1, 0.15) is 90.1 Å². The molecule has 0 unspecified atom stereocenters. The van der Waals surface area contributed by atoms with Crippen molar-refractivity contribution >= 4 is 56.6 Å². The van der Waals surface area contributed by atoms with Crippen molar-refractivity contribution < 1.29 is 0 Å². The van der Waals surface area contributed by atoms with Gasteiger partial charge in [-0.3, -0.25) is 0 Å². The lowest BCUT2D eigenvalue weighted by atomic mass is 9.44. The standard InChI is InChI=1S/C49H47BN2/c1-47(2,3)30-21-22-42-40(27-30)50-45-43(51(42)33-25-31(48(4,5)6)24-32(26-33)49(7,8)9)28-38-34-16-11-10-15-29(34)23-39(38)44(45)37-19-14-18-36-35-17-12-13-20-41(35)52(50)46(36)37/h10-22,24-28H,23H2,1-9H3. The van der Waals surface area contributed by atoms with E-state index in [-0.39, 0.29) is 23.1 Å². The summed E-state index contributed by atoms with van der Waals surface area (Å²) in [6.45, 7) is 21.2. The summed E-state index contributed by atoms with van der Waals surface area (Å²) in [5, 5.41) is 2.68. The van der Waals surface area contributed by atoms with Crippen molar-refractivity contribution in [3.8, 4) is 22.3 Å². The summed E-state index contributed by atoms with van der Waals surface area (Å²) in [5.74, 6) is 0. The summed E-state index contributed by atoms with van der Waals surface area (Å²) >= 11 is 0. The van der Waals surface area contributed by atoms with Gasteiger partial charge in [-0.25, -0.2) is 0 Å². The van der Waals surface area contributed by atoms with Crippen molar-refractivity contribution in [2.75, 3.05) is 4.90 Å². The van der Waals surface area contributed by atoms with Crippen LogP contribution >= 0.6 is 0 Å². The number of nitrogens with zero attached hydrogens (tertiary/aromatic N) is 2. The van der Waals surface area contributed by atoms with Crippen LogP contribution in [0.25, 0.3) is 44.1 Å². The molecule has 1 aromatic heterocycles. The summed E-state index contributed by atoms with van der Waals surface area (Å²) in [4.78, 5) is 2.64. The third kappa shape index (κ3) is 4.32. The molecule has 0 amide bonds. The number of anilines is 3. The van der Waals surface area contributed by atoms with E-state index in [1.165, 1.54) is 99.9 Å². The highest BCUT2D eigenvalue weighted by Gasteiger charge is 2.45. The highest BCUT2D eigenvalue weighted by molar-refractivity contribution is 6.90. The number of hydrogen-bond acceptors (Lipinski definition) is 1. The first-order chi connectivity index (χ1) is 24.7. The second-order valence-electron chi connectivity index (χ2n) is 18.7. The predicted molar refractivity (Wildman–Crippen MR) is 224 cm³/mol. The van der Waals surface area contributed by atoms with Crippen molar-refractivity contribution in [3.63, 3.8) is 0 Å². The maximum absolute atomic E-state index is 2.70. The van der Waals surface area contributed by atoms with E-state index in [0.717, 1.165) is 6.42 Å². The lowest BCUT2D eigenvalue weighted by Gasteiger charge is -2.42. The third-order valence-electron chi connectivity index (χ3n) is 12.2. The fraction of sp³-hybridized carbons (Fsp3) is 0.265. The van der Waals surface area contributed by atoms with Gasteiger partial charge >= 0.3 is 6.85 Å². The molecular formula is C49H47BN2. The fourth-order valence-electron chi connectivity index (χ4n) is 9.45. The summed E-state index contributed by atoms with van der Waals surface area (Å²) < 4.78 is 2.70. The Bertz CT molecular complexity index is 2640. The minimum atomic E-state index is -0.00183. The van der Waals surface area contributed by atoms with Gasteiger partial charge < -0.3 is 9.38 Å². The molecule has 0 bridgehead atoms. The van der Waals surface area contributed by atoms with E-state index in [4.69, 9.17) is 0 Å². The van der Waals surface area contributed by atoms with E-state index in [1.807, 2.05) is 0 Å². The molecule has 0 fully saturated rings. The molecule has 2 nitrogen and oxygen atoms in total. The maximum Gasteiger partial charge on any atom is 0.333 e. The van der Waals surface area contributed by atoms with Gasteiger partial charge in [-0.2, -0.15) is 0 Å². The van der Waals surface area contributed by atoms with Gasteiger partial charge in [-0.1, -0.05) is 141 Å². The van der Waals surface area contributed by atoms with Crippen LogP contribution < -0.4 is 15.8 Å². The highest BCUT2D eigenvalue weighted by Crippen LogP contribution is 2.52. The van der Waals surface area contributed by atoms with Crippen LogP contribution in [0.5, 0.6) is 0 Å². The first kappa shape index (κ1) is 31.7. The van der Waals surface area contributed by atoms with E-state index >= 15 is 0 Å². The number of para-hydroxylation sites is 2. The van der Waals surface area contributed by atoms with Crippen LogP contribution in [0, 0.1) is 0 Å². The molecule has 3 heterocycles. The number of rotatable bonds is 1. The Balaban J connectivity index is 1.40. The van der Waals surface area contributed by atoms with Gasteiger partial charge in [0.2, 0.25) is 0 Å². The molecule has 3 aliphatic rings. The molecule has 0 saturated carbocycles. The average molecular weight is 675 g/mol. The predicted octanol–water partition coefficient (Wildman–Crippen LogP) is 11.7. The van der Waals surface area contributed by atoms with Gasteiger partial charge in [0, 0.05) is 44.4 Å². The zero-order valence-electron chi connectivity index (χ0n) is 32.1. The Morgan fingerprint density at radius 3 is 1.92 bits per heavy atom. The molecule has 10 rings (SSSR count). The Morgan fingerprint density at radius 1 is 0.538 bits per heavy atom. The SMILES string of the molecule is CC(C)(C)c1cc(N2c3ccc(C(C)(C)C)cc3B3c4c2cc2c(c4-c4cccc5c6ccccc6n3c45)Cc3ccccc3-2)cc(C(C)(C)C)c1. The van der Waals surface area contributed by atoms with E-state index < -0.39 is 0 Å². The minimum Gasteiger partial charge on any atom is -0.375 e. The van der Waals surface area contributed by atoms with Crippen molar-refractivity contribution in [2.45, 2.75) is 85.0 Å². The zero-order chi connectivity index (χ0) is 36.1. The van der Waals surface area contributed by atoms with E-state index in [0.29, 0.717) is 0 Å². The molecule has 3 heteroatoms. The number of aromatic nitrogens is 1. The molecule has 0 saturated heterocycles. The Morgan fingerprint density at radius 2 is 1.19 bits per heavy atom. The van der Waals surface area contributed by atoms with Crippen LogP contribution in [-0.2, 0) is 22.7 Å². The third-order valence-corrected chi connectivity index (χ3v) is 12.2. The lowest BCUT2D eigenvalue weighted by Crippen LogP contribution is -2.57. The average Bonchev–Trinajstić information content (AvgIpc) is 3.64. The molecule has 256 valence electrons. The Kier molecular flexibility index (Phi) is 6.29. The molecule has 6 aromatic carbocycles. The summed E-state index contributed by atoms with van der Waals surface area (Å²) in [7, 11) is 0. The van der Waals surface area contributed by atoms with Gasteiger partial charge in [0.25, 0.3) is 0 Å². The van der Waals surface area contributed by atoms with Gasteiger partial charge in [0.15, 0.2) is 0 Å². The number of benzene rings is 6. The van der Waals surface area contributed by atoms with Crippen molar-refractivity contribution in [2.24, 2.45) is 0 Å². The summed E-state index contributed by atoms with van der Waals surface area (Å²) in [6, 6.07) is 42.5. The van der Waals surface area contributed by atoms with Gasteiger partial charge in [0.05, 0.1) is 0 Å². The van der Waals surface area contributed by atoms with Gasteiger partial charge in [-0.05, 0) is 108 Å². The smallest absolute Gasteiger partial charge is 0.333 e. The molecule has 2 aliphatic heterocycles. The van der Waals surface area contributed by atoms with E-state index in [1.54, 1.807) is 0 Å². The van der Waals surface area contributed by atoms with E-state index in [2.05, 4.69) is 181 Å². The zero-order valence-corrected chi connectivity index (χ0v) is 32.1. The summed E-state index contributed by atoms with van der Waals surface area (Å²) in [6.07, 6.45) is 0.958. The van der Waals surface area contributed by atoms with Crippen LogP contribution in [-0.4, -0.2) is 11.3 Å². The minimum absolute atomic E-state index is 0.00183. The molecule has 0 N–H and O–H groups in total. The van der Waals surface area contributed by atoms with E-state index in [9.17, 15) is 0 Å².